The third-order valence-electron chi connectivity index (χ3n) is 2.42. The Balaban J connectivity index is 2.98. The van der Waals surface area contributed by atoms with Gasteiger partial charge in [0, 0.05) is 0 Å². The van der Waals surface area contributed by atoms with Crippen molar-refractivity contribution in [3.8, 4) is 0 Å². The van der Waals surface area contributed by atoms with Crippen molar-refractivity contribution in [1.82, 2.24) is 0 Å². The fraction of sp³-hybridized carbons (Fsp3) is 0.462. The van der Waals surface area contributed by atoms with Gasteiger partial charge in [0.05, 0.1) is 6.61 Å². The van der Waals surface area contributed by atoms with Crippen molar-refractivity contribution >= 4 is 5.97 Å². The van der Waals surface area contributed by atoms with Crippen LogP contribution in [0.5, 0.6) is 0 Å². The molecule has 0 spiro atoms. The van der Waals surface area contributed by atoms with E-state index in [4.69, 9.17) is 4.74 Å². The molecular weight excluding hydrogens is 204 g/mol. The van der Waals surface area contributed by atoms with Crippen LogP contribution in [-0.4, -0.2) is 17.7 Å². The zero-order valence-corrected chi connectivity index (χ0v) is 9.93. The van der Waals surface area contributed by atoms with Gasteiger partial charge in [-0.2, -0.15) is 0 Å². The molecule has 1 aromatic carbocycles. The monoisotopic (exact) mass is 222 g/mol. The summed E-state index contributed by atoms with van der Waals surface area (Å²) < 4.78 is 4.80. The molecule has 1 N–H and O–H groups in total. The summed E-state index contributed by atoms with van der Waals surface area (Å²) in [6, 6.07) is 7.39. The summed E-state index contributed by atoms with van der Waals surface area (Å²) >= 11 is 0. The molecule has 0 bridgehead atoms. The number of ether oxygens (including phenoxy) is 1. The Labute approximate surface area is 96.1 Å². The van der Waals surface area contributed by atoms with E-state index in [9.17, 15) is 9.90 Å². The van der Waals surface area contributed by atoms with Crippen LogP contribution in [0.3, 0.4) is 0 Å². The number of rotatable bonds is 4. The molecule has 0 amide bonds. The molecule has 0 fully saturated rings. The van der Waals surface area contributed by atoms with Gasteiger partial charge < -0.3 is 9.84 Å². The topological polar surface area (TPSA) is 46.5 Å². The second-order valence-electron chi connectivity index (χ2n) is 3.94. The average molecular weight is 222 g/mol. The van der Waals surface area contributed by atoms with E-state index >= 15 is 0 Å². The van der Waals surface area contributed by atoms with Crippen LogP contribution >= 0.6 is 0 Å². The van der Waals surface area contributed by atoms with E-state index in [0.717, 1.165) is 5.56 Å². The van der Waals surface area contributed by atoms with Crippen LogP contribution in [0.4, 0.5) is 0 Å². The first-order valence-electron chi connectivity index (χ1n) is 5.51. The summed E-state index contributed by atoms with van der Waals surface area (Å²) in [5.74, 6) is -0.323. The zero-order valence-electron chi connectivity index (χ0n) is 9.93. The molecule has 0 saturated carbocycles. The normalized spacial score (nSPS) is 12.6. The van der Waals surface area contributed by atoms with Gasteiger partial charge in [0.2, 0.25) is 0 Å². The highest BCUT2D eigenvalue weighted by atomic mass is 16.5. The van der Waals surface area contributed by atoms with Crippen LogP contribution in [0.15, 0.2) is 24.3 Å². The lowest BCUT2D eigenvalue weighted by atomic mass is 9.94. The number of benzene rings is 1. The quantitative estimate of drug-likeness (QED) is 0.796. The summed E-state index contributed by atoms with van der Waals surface area (Å²) in [7, 11) is 0. The molecule has 1 aromatic rings. The van der Waals surface area contributed by atoms with Gasteiger partial charge in [0.15, 0.2) is 6.10 Å². The maximum Gasteiger partial charge on any atom is 0.339 e. The zero-order chi connectivity index (χ0) is 12.1. The van der Waals surface area contributed by atoms with Crippen LogP contribution < -0.4 is 0 Å². The molecule has 1 rings (SSSR count). The van der Waals surface area contributed by atoms with E-state index in [1.807, 2.05) is 32.0 Å². The van der Waals surface area contributed by atoms with Gasteiger partial charge in [-0.3, -0.25) is 0 Å². The predicted molar refractivity (Wildman–Crippen MR) is 62.1 cm³/mol. The van der Waals surface area contributed by atoms with Crippen molar-refractivity contribution in [2.45, 2.75) is 32.8 Å². The van der Waals surface area contributed by atoms with E-state index in [2.05, 4.69) is 0 Å². The SMILES string of the molecule is CCOC(=O)[C@H](O)c1ccccc1C(C)C. The number of hydrogen-bond donors (Lipinski definition) is 1. The fourth-order valence-electron chi connectivity index (χ4n) is 1.63. The van der Waals surface area contributed by atoms with E-state index in [1.165, 1.54) is 0 Å². The second-order valence-corrected chi connectivity index (χ2v) is 3.94. The molecule has 88 valence electrons. The van der Waals surface area contributed by atoms with Crippen molar-refractivity contribution in [1.29, 1.82) is 0 Å². The Morgan fingerprint density at radius 2 is 1.88 bits per heavy atom. The molecule has 0 aromatic heterocycles. The first-order chi connectivity index (χ1) is 7.57. The third kappa shape index (κ3) is 2.83. The fourth-order valence-corrected chi connectivity index (χ4v) is 1.63. The van der Waals surface area contributed by atoms with Gasteiger partial charge in [-0.15, -0.1) is 0 Å². The molecule has 0 radical (unpaired) electrons. The molecule has 0 heterocycles. The molecule has 3 heteroatoms. The van der Waals surface area contributed by atoms with E-state index < -0.39 is 12.1 Å². The van der Waals surface area contributed by atoms with Crippen molar-refractivity contribution in [3.63, 3.8) is 0 Å². The van der Waals surface area contributed by atoms with Crippen molar-refractivity contribution in [2.75, 3.05) is 6.61 Å². The van der Waals surface area contributed by atoms with Crippen molar-refractivity contribution in [2.24, 2.45) is 0 Å². The van der Waals surface area contributed by atoms with Gasteiger partial charge in [-0.05, 0) is 24.0 Å². The Morgan fingerprint density at radius 1 is 1.31 bits per heavy atom. The van der Waals surface area contributed by atoms with E-state index in [0.29, 0.717) is 5.56 Å². The molecular formula is C13H18O3. The predicted octanol–water partition coefficient (Wildman–Crippen LogP) is 2.41. The van der Waals surface area contributed by atoms with Gasteiger partial charge in [0.1, 0.15) is 0 Å². The van der Waals surface area contributed by atoms with Crippen LogP contribution in [0, 0.1) is 0 Å². The molecule has 3 nitrogen and oxygen atoms in total. The number of carbonyl (C=O) groups is 1. The smallest absolute Gasteiger partial charge is 0.339 e. The van der Waals surface area contributed by atoms with Crippen LogP contribution in [0.1, 0.15) is 43.9 Å². The minimum atomic E-state index is -1.18. The first kappa shape index (κ1) is 12.7. The standard InChI is InChI=1S/C13H18O3/c1-4-16-13(15)12(14)11-8-6-5-7-10(11)9(2)3/h5-9,12,14H,4H2,1-3H3/t12-/m1/s1. The molecule has 0 aliphatic carbocycles. The van der Waals surface area contributed by atoms with E-state index in [1.54, 1.807) is 13.0 Å². The molecule has 0 aliphatic heterocycles. The lowest BCUT2D eigenvalue weighted by Gasteiger charge is -2.16. The number of aliphatic hydroxyl groups is 1. The van der Waals surface area contributed by atoms with E-state index in [-0.39, 0.29) is 12.5 Å². The summed E-state index contributed by atoms with van der Waals surface area (Å²) in [6.45, 7) is 6.05. The molecule has 0 aliphatic rings. The Morgan fingerprint density at radius 3 is 2.38 bits per heavy atom. The highest BCUT2D eigenvalue weighted by Gasteiger charge is 2.21. The number of hydrogen-bond acceptors (Lipinski definition) is 3. The highest BCUT2D eigenvalue weighted by molar-refractivity contribution is 5.76. The summed E-state index contributed by atoms with van der Waals surface area (Å²) in [5.41, 5.74) is 1.61. The number of carbonyl (C=O) groups excluding carboxylic acids is 1. The summed E-state index contributed by atoms with van der Waals surface area (Å²) in [4.78, 5) is 11.4. The minimum Gasteiger partial charge on any atom is -0.464 e. The third-order valence-corrected chi connectivity index (χ3v) is 2.42. The van der Waals surface area contributed by atoms with Gasteiger partial charge in [0.25, 0.3) is 0 Å². The van der Waals surface area contributed by atoms with Crippen LogP contribution in [-0.2, 0) is 9.53 Å². The molecule has 1 atom stereocenters. The summed E-state index contributed by atoms with van der Waals surface area (Å²) in [6.07, 6.45) is -1.18. The minimum absolute atomic E-state index is 0.264. The maximum atomic E-state index is 11.4. The van der Waals surface area contributed by atoms with Crippen molar-refractivity contribution < 1.29 is 14.6 Å². The lowest BCUT2D eigenvalue weighted by Crippen LogP contribution is -2.17. The average Bonchev–Trinajstić information content (AvgIpc) is 2.28. The second kappa shape index (κ2) is 5.66. The van der Waals surface area contributed by atoms with Crippen LogP contribution in [0.2, 0.25) is 0 Å². The van der Waals surface area contributed by atoms with Crippen LogP contribution in [0.25, 0.3) is 0 Å². The molecule has 0 unspecified atom stereocenters. The largest absolute Gasteiger partial charge is 0.464 e. The first-order valence-corrected chi connectivity index (χ1v) is 5.51. The Kier molecular flexibility index (Phi) is 4.50. The maximum absolute atomic E-state index is 11.4. The Bertz CT molecular complexity index is 358. The van der Waals surface area contributed by atoms with Gasteiger partial charge in [-0.25, -0.2) is 4.79 Å². The number of aliphatic hydroxyl groups excluding tert-OH is 1. The molecule has 16 heavy (non-hydrogen) atoms. The Hall–Kier alpha value is -1.35. The van der Waals surface area contributed by atoms with Gasteiger partial charge >= 0.3 is 5.97 Å². The summed E-state index contributed by atoms with van der Waals surface area (Å²) in [5, 5.41) is 9.88. The highest BCUT2D eigenvalue weighted by Crippen LogP contribution is 2.25. The molecule has 0 saturated heterocycles. The number of esters is 1. The van der Waals surface area contributed by atoms with Gasteiger partial charge in [-0.1, -0.05) is 38.1 Å². The lowest BCUT2D eigenvalue weighted by molar-refractivity contribution is -0.153. The van der Waals surface area contributed by atoms with Crippen molar-refractivity contribution in [3.05, 3.63) is 35.4 Å².